The van der Waals surface area contributed by atoms with Crippen molar-refractivity contribution < 1.29 is 48.7 Å². The molecule has 0 radical (unpaired) electrons. The number of alkyl halides is 9. The minimum atomic E-state index is -5.20. The number of anilines is 2. The number of benzene rings is 1. The maximum atomic E-state index is 13.7. The number of carbonyl (C=O) groups excluding carboxylic acids is 1. The number of likely N-dealkylation sites (N-methyl/N-ethyl adjacent to an activating group) is 1. The summed E-state index contributed by atoms with van der Waals surface area (Å²) in [6, 6.07) is 0.288. The Morgan fingerprint density at radius 2 is 1.61 bits per heavy atom. The van der Waals surface area contributed by atoms with Gasteiger partial charge in [0.2, 0.25) is 5.91 Å². The van der Waals surface area contributed by atoms with Crippen LogP contribution in [0.2, 0.25) is 0 Å². The number of aromatic nitrogens is 1. The third-order valence-corrected chi connectivity index (χ3v) is 6.51. The van der Waals surface area contributed by atoms with Gasteiger partial charge in [0.05, 0.1) is 11.1 Å². The van der Waals surface area contributed by atoms with E-state index in [4.69, 9.17) is 0 Å². The van der Waals surface area contributed by atoms with E-state index in [0.29, 0.717) is 31.0 Å². The predicted octanol–water partition coefficient (Wildman–Crippen LogP) is 6.30. The first-order valence-electron chi connectivity index (χ1n) is 10.6. The van der Waals surface area contributed by atoms with Gasteiger partial charge in [0.25, 0.3) is 0 Å². The smallest absolute Gasteiger partial charge is 0.341 e. The van der Waals surface area contributed by atoms with Gasteiger partial charge in [-0.15, -0.1) is 0 Å². The molecule has 14 heteroatoms. The molecule has 2 heterocycles. The zero-order chi connectivity index (χ0) is 26.8. The number of carbonyl (C=O) groups is 1. The fourth-order valence-corrected chi connectivity index (χ4v) is 4.86. The average Bonchev–Trinajstić information content (AvgIpc) is 3.38. The molecule has 1 aliphatic heterocycles. The molecule has 1 aromatic heterocycles. The van der Waals surface area contributed by atoms with Gasteiger partial charge >= 0.3 is 18.5 Å². The molecular weight excluding hydrogens is 512 g/mol. The van der Waals surface area contributed by atoms with Gasteiger partial charge in [-0.3, -0.25) is 4.79 Å². The van der Waals surface area contributed by atoms with E-state index >= 15 is 0 Å². The molecule has 36 heavy (non-hydrogen) atoms. The van der Waals surface area contributed by atoms with Crippen molar-refractivity contribution in [2.45, 2.75) is 49.9 Å². The van der Waals surface area contributed by atoms with E-state index < -0.39 is 70.9 Å². The van der Waals surface area contributed by atoms with Crippen molar-refractivity contribution in [1.29, 1.82) is 0 Å². The molecule has 2 fully saturated rings. The molecule has 1 amide bonds. The molecule has 196 valence electrons. The highest BCUT2D eigenvalue weighted by Crippen LogP contribution is 2.47. The van der Waals surface area contributed by atoms with Crippen molar-refractivity contribution >= 4 is 17.4 Å². The summed E-state index contributed by atoms with van der Waals surface area (Å²) in [6.45, 7) is 0. The lowest BCUT2D eigenvalue weighted by atomic mass is 9.96. The second-order valence-electron chi connectivity index (χ2n) is 8.73. The molecule has 1 saturated carbocycles. The summed E-state index contributed by atoms with van der Waals surface area (Å²) in [4.78, 5) is 18.6. The summed E-state index contributed by atoms with van der Waals surface area (Å²) < 4.78 is 133. The van der Waals surface area contributed by atoms with Crippen LogP contribution in [0.4, 0.5) is 55.4 Å². The molecule has 2 bridgehead atoms. The van der Waals surface area contributed by atoms with E-state index in [1.165, 1.54) is 0 Å². The number of fused-ring (bicyclic) bond motifs is 2. The largest absolute Gasteiger partial charge is 0.433 e. The maximum absolute atomic E-state index is 13.7. The van der Waals surface area contributed by atoms with Crippen molar-refractivity contribution in [3.05, 3.63) is 53.0 Å². The maximum Gasteiger partial charge on any atom is 0.433 e. The molecule has 0 N–H and O–H groups in total. The normalized spacial score (nSPS) is 22.3. The number of hydrogen-bond acceptors (Lipinski definition) is 3. The van der Waals surface area contributed by atoms with Gasteiger partial charge in [0.15, 0.2) is 0 Å². The highest BCUT2D eigenvalue weighted by Gasteiger charge is 2.52. The second kappa shape index (κ2) is 8.51. The van der Waals surface area contributed by atoms with E-state index in [0.717, 1.165) is 22.9 Å². The Balaban J connectivity index is 1.75. The number of hydrogen-bond donors (Lipinski definition) is 0. The van der Waals surface area contributed by atoms with E-state index in [1.54, 1.807) is 0 Å². The molecule has 1 saturated heterocycles. The highest BCUT2D eigenvalue weighted by atomic mass is 19.4. The molecule has 0 spiro atoms. The van der Waals surface area contributed by atoms with Crippen LogP contribution >= 0.6 is 0 Å². The molecule has 3 atom stereocenters. The Morgan fingerprint density at radius 3 is 2.19 bits per heavy atom. The number of halogens is 10. The summed E-state index contributed by atoms with van der Waals surface area (Å²) in [5.41, 5.74) is -5.36. The minimum Gasteiger partial charge on any atom is -0.341 e. The fraction of sp³-hybridized carbons (Fsp3) is 0.455. The first kappa shape index (κ1) is 26.0. The standard InChI is InChI=1S/C22H17F10N3O/c1-34(12-4-5-15(23)14(9-12)21(27,28)29)19(36)18-10-2-3-13(6-10)35(18)17-8-11(20(24,25)26)7-16(33-17)22(30,31)32/h4-5,7-10,13,18H,2-3,6H2,1H3/t10-,13+,18-/m0/s1. The van der Waals surface area contributed by atoms with Crippen LogP contribution in [0.15, 0.2) is 30.3 Å². The summed E-state index contributed by atoms with van der Waals surface area (Å²) in [6.07, 6.45) is -14.3. The lowest BCUT2D eigenvalue weighted by Gasteiger charge is -2.37. The Hall–Kier alpha value is -3.06. The highest BCUT2D eigenvalue weighted by molar-refractivity contribution is 5.99. The first-order chi connectivity index (χ1) is 16.5. The van der Waals surface area contributed by atoms with Crippen molar-refractivity contribution in [2.75, 3.05) is 16.8 Å². The molecule has 2 aromatic rings. The molecule has 0 unspecified atom stereocenters. The number of nitrogens with zero attached hydrogens (tertiary/aromatic N) is 3. The van der Waals surface area contributed by atoms with Crippen LogP contribution in [0.25, 0.3) is 0 Å². The van der Waals surface area contributed by atoms with Crippen molar-refractivity contribution in [3.8, 4) is 0 Å². The zero-order valence-corrected chi connectivity index (χ0v) is 18.3. The van der Waals surface area contributed by atoms with Crippen molar-refractivity contribution in [2.24, 2.45) is 5.92 Å². The average molecular weight is 529 g/mol. The lowest BCUT2D eigenvalue weighted by Crippen LogP contribution is -2.51. The number of piperidine rings is 1. The summed E-state index contributed by atoms with van der Waals surface area (Å²) in [5.74, 6) is -3.61. The van der Waals surface area contributed by atoms with E-state index in [-0.39, 0.29) is 18.2 Å². The third kappa shape index (κ3) is 4.69. The Kier molecular flexibility index (Phi) is 6.15. The predicted molar refractivity (Wildman–Crippen MR) is 106 cm³/mol. The van der Waals surface area contributed by atoms with E-state index in [1.807, 2.05) is 0 Å². The lowest BCUT2D eigenvalue weighted by molar-refractivity contribution is -0.145. The topological polar surface area (TPSA) is 36.4 Å². The van der Waals surface area contributed by atoms with Crippen LogP contribution < -0.4 is 9.80 Å². The van der Waals surface area contributed by atoms with Gasteiger partial charge in [0, 0.05) is 18.8 Å². The first-order valence-corrected chi connectivity index (χ1v) is 10.6. The quantitative estimate of drug-likeness (QED) is 0.438. The number of rotatable bonds is 3. The summed E-state index contributed by atoms with van der Waals surface area (Å²) in [5, 5.41) is 0. The fourth-order valence-electron chi connectivity index (χ4n) is 4.86. The van der Waals surface area contributed by atoms with E-state index in [9.17, 15) is 48.7 Å². The van der Waals surface area contributed by atoms with Crippen molar-refractivity contribution in [1.82, 2.24) is 4.98 Å². The van der Waals surface area contributed by atoms with Gasteiger partial charge in [-0.05, 0) is 55.5 Å². The molecule has 4 rings (SSSR count). The van der Waals surface area contributed by atoms with E-state index in [2.05, 4.69) is 4.98 Å². The van der Waals surface area contributed by atoms with Crippen LogP contribution in [0.3, 0.4) is 0 Å². The number of pyridine rings is 1. The van der Waals surface area contributed by atoms with Crippen LogP contribution in [0.1, 0.15) is 36.1 Å². The molecule has 2 aliphatic rings. The molecule has 4 nitrogen and oxygen atoms in total. The molecule has 1 aromatic carbocycles. The third-order valence-electron chi connectivity index (χ3n) is 6.51. The van der Waals surface area contributed by atoms with Crippen LogP contribution in [0.5, 0.6) is 0 Å². The summed E-state index contributed by atoms with van der Waals surface area (Å²) in [7, 11) is 1.10. The Labute approximate surface area is 197 Å². The van der Waals surface area contributed by atoms with Crippen molar-refractivity contribution in [3.63, 3.8) is 0 Å². The Bertz CT molecular complexity index is 1140. The van der Waals surface area contributed by atoms with Gasteiger partial charge < -0.3 is 9.80 Å². The van der Waals surface area contributed by atoms with Crippen LogP contribution in [-0.4, -0.2) is 30.0 Å². The molecule has 1 aliphatic carbocycles. The van der Waals surface area contributed by atoms with Gasteiger partial charge in [-0.2, -0.15) is 39.5 Å². The number of amides is 1. The minimum absolute atomic E-state index is 0.127. The monoisotopic (exact) mass is 529 g/mol. The zero-order valence-electron chi connectivity index (χ0n) is 18.3. The summed E-state index contributed by atoms with van der Waals surface area (Å²) >= 11 is 0. The second-order valence-corrected chi connectivity index (χ2v) is 8.73. The van der Waals surface area contributed by atoms with Crippen LogP contribution in [0, 0.1) is 11.7 Å². The Morgan fingerprint density at radius 1 is 0.944 bits per heavy atom. The molecular formula is C22H17F10N3O. The SMILES string of the molecule is CN(C(=O)[C@@H]1[C@H]2CC[C@H](C2)N1c1cc(C(F)(F)F)cc(C(F)(F)F)n1)c1ccc(F)c(C(F)(F)F)c1. The van der Waals surface area contributed by atoms with Crippen LogP contribution in [-0.2, 0) is 23.3 Å². The van der Waals surface area contributed by atoms with Gasteiger partial charge in [-0.1, -0.05) is 0 Å². The van der Waals surface area contributed by atoms with Gasteiger partial charge in [0.1, 0.15) is 23.4 Å². The van der Waals surface area contributed by atoms with Gasteiger partial charge in [-0.25, -0.2) is 9.37 Å².